The van der Waals surface area contributed by atoms with Crippen LogP contribution in [0.25, 0.3) is 0 Å². The first kappa shape index (κ1) is 23.1. The molecule has 1 heterocycles. The molecule has 0 radical (unpaired) electrons. The van der Waals surface area contributed by atoms with Crippen LogP contribution >= 0.6 is 15.9 Å². The molecule has 0 aromatic heterocycles. The highest BCUT2D eigenvalue weighted by Crippen LogP contribution is 2.32. The summed E-state index contributed by atoms with van der Waals surface area (Å²) in [6.07, 6.45) is 0. The van der Waals surface area contributed by atoms with Gasteiger partial charge in [0, 0.05) is 4.47 Å². The predicted molar refractivity (Wildman–Crippen MR) is 129 cm³/mol. The van der Waals surface area contributed by atoms with Gasteiger partial charge in [-0.15, -0.1) is 0 Å². The van der Waals surface area contributed by atoms with Gasteiger partial charge in [0.2, 0.25) is 5.91 Å². The molecule has 9 heteroatoms. The number of hydrogen-bond acceptors (Lipinski definition) is 5. The molecule has 1 atom stereocenters. The van der Waals surface area contributed by atoms with Crippen molar-refractivity contribution in [3.8, 4) is 11.5 Å². The fraction of sp³-hybridized carbons (Fsp3) is 0.208. The second-order valence-corrected chi connectivity index (χ2v) is 10.3. The summed E-state index contributed by atoms with van der Waals surface area (Å²) in [4.78, 5) is 13.1. The van der Waals surface area contributed by atoms with E-state index < -0.39 is 15.9 Å². The number of anilines is 1. The molecule has 1 aliphatic rings. The lowest BCUT2D eigenvalue weighted by Crippen LogP contribution is -2.41. The van der Waals surface area contributed by atoms with Gasteiger partial charge in [-0.1, -0.05) is 40.2 Å². The molecule has 0 saturated carbocycles. The van der Waals surface area contributed by atoms with E-state index in [9.17, 15) is 13.2 Å². The molecule has 1 N–H and O–H groups in total. The van der Waals surface area contributed by atoms with E-state index in [2.05, 4.69) is 21.2 Å². The van der Waals surface area contributed by atoms with Crippen molar-refractivity contribution in [2.45, 2.75) is 17.9 Å². The smallest absolute Gasteiger partial charge is 0.264 e. The number of ether oxygens (including phenoxy) is 2. The lowest BCUT2D eigenvalue weighted by Gasteiger charge is -2.25. The second-order valence-electron chi connectivity index (χ2n) is 7.49. The van der Waals surface area contributed by atoms with Crippen molar-refractivity contribution in [2.24, 2.45) is 0 Å². The van der Waals surface area contributed by atoms with Gasteiger partial charge in [0.1, 0.15) is 19.8 Å². The SMILES string of the molecule is C[C@H](NC(=O)CN(c1ccc(Br)cc1)S(=O)(=O)c1ccccc1)c1ccc2c(c1)OCCO2. The van der Waals surface area contributed by atoms with Crippen LogP contribution in [-0.4, -0.2) is 34.1 Å². The summed E-state index contributed by atoms with van der Waals surface area (Å²) in [6, 6.07) is 20.0. The van der Waals surface area contributed by atoms with Crippen LogP contribution in [0.5, 0.6) is 11.5 Å². The number of fused-ring (bicyclic) bond motifs is 1. The van der Waals surface area contributed by atoms with E-state index in [-0.39, 0.29) is 17.5 Å². The van der Waals surface area contributed by atoms with Crippen LogP contribution in [0.15, 0.2) is 82.2 Å². The molecule has 0 aliphatic carbocycles. The van der Waals surface area contributed by atoms with E-state index in [1.165, 1.54) is 12.1 Å². The number of sulfonamides is 1. The van der Waals surface area contributed by atoms with Crippen LogP contribution in [0.2, 0.25) is 0 Å². The van der Waals surface area contributed by atoms with Crippen LogP contribution in [0.1, 0.15) is 18.5 Å². The molecule has 0 fully saturated rings. The molecule has 1 amide bonds. The highest BCUT2D eigenvalue weighted by Gasteiger charge is 2.27. The zero-order valence-corrected chi connectivity index (χ0v) is 20.3. The summed E-state index contributed by atoms with van der Waals surface area (Å²) in [5, 5.41) is 2.89. The van der Waals surface area contributed by atoms with Crippen LogP contribution in [0, 0.1) is 0 Å². The van der Waals surface area contributed by atoms with E-state index >= 15 is 0 Å². The first-order chi connectivity index (χ1) is 15.8. The van der Waals surface area contributed by atoms with Crippen molar-refractivity contribution in [3.63, 3.8) is 0 Å². The topological polar surface area (TPSA) is 84.9 Å². The Morgan fingerprint density at radius 2 is 1.67 bits per heavy atom. The molecule has 3 aromatic rings. The Morgan fingerprint density at radius 3 is 2.36 bits per heavy atom. The van der Waals surface area contributed by atoms with Crippen molar-refractivity contribution >= 4 is 37.5 Å². The van der Waals surface area contributed by atoms with Crippen molar-refractivity contribution in [1.29, 1.82) is 0 Å². The lowest BCUT2D eigenvalue weighted by molar-refractivity contribution is -0.120. The average molecular weight is 531 g/mol. The normalized spacial score (nSPS) is 13.8. The summed E-state index contributed by atoms with van der Waals surface area (Å²) < 4.78 is 39.8. The van der Waals surface area contributed by atoms with Gasteiger partial charge < -0.3 is 14.8 Å². The fourth-order valence-corrected chi connectivity index (χ4v) is 5.18. The Morgan fingerprint density at radius 1 is 1.00 bits per heavy atom. The second kappa shape index (κ2) is 9.84. The van der Waals surface area contributed by atoms with Crippen LogP contribution in [-0.2, 0) is 14.8 Å². The number of amides is 1. The Balaban J connectivity index is 1.56. The molecule has 33 heavy (non-hydrogen) atoms. The quantitative estimate of drug-likeness (QED) is 0.492. The Labute approximate surface area is 201 Å². The van der Waals surface area contributed by atoms with E-state index in [1.54, 1.807) is 48.5 Å². The third kappa shape index (κ3) is 5.31. The van der Waals surface area contributed by atoms with Gasteiger partial charge in [-0.3, -0.25) is 9.10 Å². The molecule has 4 rings (SSSR count). The molecule has 172 valence electrons. The minimum absolute atomic E-state index is 0.112. The maximum atomic E-state index is 13.4. The Kier molecular flexibility index (Phi) is 6.90. The molecule has 0 spiro atoms. The van der Waals surface area contributed by atoms with Gasteiger partial charge in [-0.05, 0) is 61.0 Å². The van der Waals surface area contributed by atoms with Crippen molar-refractivity contribution in [3.05, 3.63) is 82.8 Å². The van der Waals surface area contributed by atoms with Gasteiger partial charge in [-0.25, -0.2) is 8.42 Å². The number of hydrogen-bond donors (Lipinski definition) is 1. The van der Waals surface area contributed by atoms with Gasteiger partial charge in [0.25, 0.3) is 10.0 Å². The zero-order chi connectivity index (χ0) is 23.4. The number of carbonyl (C=O) groups is 1. The maximum Gasteiger partial charge on any atom is 0.264 e. The van der Waals surface area contributed by atoms with E-state index in [4.69, 9.17) is 9.47 Å². The average Bonchev–Trinajstić information content (AvgIpc) is 2.83. The van der Waals surface area contributed by atoms with Crippen molar-refractivity contribution in [1.82, 2.24) is 5.32 Å². The van der Waals surface area contributed by atoms with E-state index in [1.807, 2.05) is 19.1 Å². The molecular formula is C24H23BrN2O5S. The number of nitrogens with zero attached hydrogens (tertiary/aromatic N) is 1. The third-order valence-electron chi connectivity index (χ3n) is 5.18. The molecule has 0 bridgehead atoms. The molecular weight excluding hydrogens is 508 g/mol. The summed E-state index contributed by atoms with van der Waals surface area (Å²) in [5.41, 5.74) is 1.22. The zero-order valence-electron chi connectivity index (χ0n) is 17.9. The Bertz CT molecular complexity index is 1230. The largest absolute Gasteiger partial charge is 0.486 e. The summed E-state index contributed by atoms with van der Waals surface area (Å²) in [6.45, 7) is 2.43. The summed E-state index contributed by atoms with van der Waals surface area (Å²) >= 11 is 3.36. The molecule has 0 unspecified atom stereocenters. The molecule has 7 nitrogen and oxygen atoms in total. The number of carbonyl (C=O) groups excluding carboxylic acids is 1. The minimum atomic E-state index is -3.95. The number of nitrogens with one attached hydrogen (secondary N) is 1. The van der Waals surface area contributed by atoms with Crippen molar-refractivity contribution < 1.29 is 22.7 Å². The summed E-state index contributed by atoms with van der Waals surface area (Å²) in [7, 11) is -3.95. The number of halogens is 1. The summed E-state index contributed by atoms with van der Waals surface area (Å²) in [5.74, 6) is 0.863. The molecule has 0 saturated heterocycles. The fourth-order valence-electron chi connectivity index (χ4n) is 3.47. The standard InChI is InChI=1S/C24H23BrN2O5S/c1-17(18-7-12-22-23(15-18)32-14-13-31-22)26-24(28)16-27(20-10-8-19(25)9-11-20)33(29,30)21-5-3-2-4-6-21/h2-12,15,17H,13-14,16H2,1H3,(H,26,28)/t17-/m0/s1. The maximum absolute atomic E-state index is 13.4. The van der Waals surface area contributed by atoms with E-state index in [0.717, 1.165) is 14.3 Å². The number of rotatable bonds is 7. The van der Waals surface area contributed by atoms with Gasteiger partial charge in [0.15, 0.2) is 11.5 Å². The monoisotopic (exact) mass is 530 g/mol. The first-order valence-electron chi connectivity index (χ1n) is 10.4. The van der Waals surface area contributed by atoms with Gasteiger partial charge in [0.05, 0.1) is 16.6 Å². The predicted octanol–water partition coefficient (Wildman–Crippen LogP) is 4.29. The van der Waals surface area contributed by atoms with Gasteiger partial charge in [-0.2, -0.15) is 0 Å². The van der Waals surface area contributed by atoms with E-state index in [0.29, 0.717) is 30.4 Å². The van der Waals surface area contributed by atoms with Crippen LogP contribution in [0.4, 0.5) is 5.69 Å². The minimum Gasteiger partial charge on any atom is -0.486 e. The third-order valence-corrected chi connectivity index (χ3v) is 7.49. The lowest BCUT2D eigenvalue weighted by atomic mass is 10.1. The van der Waals surface area contributed by atoms with Crippen LogP contribution < -0.4 is 19.1 Å². The highest BCUT2D eigenvalue weighted by molar-refractivity contribution is 9.10. The highest BCUT2D eigenvalue weighted by atomic mass is 79.9. The molecule has 3 aromatic carbocycles. The van der Waals surface area contributed by atoms with Gasteiger partial charge >= 0.3 is 0 Å². The first-order valence-corrected chi connectivity index (χ1v) is 12.6. The van der Waals surface area contributed by atoms with Crippen molar-refractivity contribution in [2.75, 3.05) is 24.1 Å². The number of benzene rings is 3. The Hall–Kier alpha value is -3.04. The molecule has 1 aliphatic heterocycles. The van der Waals surface area contributed by atoms with Crippen LogP contribution in [0.3, 0.4) is 0 Å².